The lowest BCUT2D eigenvalue weighted by Crippen LogP contribution is -2.49. The quantitative estimate of drug-likeness (QED) is 0.789. The zero-order valence-electron chi connectivity index (χ0n) is 9.98. The molecule has 1 unspecified atom stereocenters. The summed E-state index contributed by atoms with van der Waals surface area (Å²) < 4.78 is 0. The molecule has 2 aromatic rings. The Morgan fingerprint density at radius 2 is 1.74 bits per heavy atom. The second-order valence-electron chi connectivity index (χ2n) is 4.25. The van der Waals surface area contributed by atoms with E-state index in [0.29, 0.717) is 10.6 Å². The Bertz CT molecular complexity index is 612. The van der Waals surface area contributed by atoms with Crippen molar-refractivity contribution in [2.45, 2.75) is 6.29 Å². The zero-order chi connectivity index (χ0) is 13.2. The molecule has 5 heteroatoms. The van der Waals surface area contributed by atoms with E-state index < -0.39 is 0 Å². The minimum absolute atomic E-state index is 0.0965. The summed E-state index contributed by atoms with van der Waals surface area (Å²) in [6, 6.07) is 14.7. The van der Waals surface area contributed by atoms with Crippen molar-refractivity contribution in [3.05, 3.63) is 59.1 Å². The molecule has 1 aliphatic rings. The monoisotopic (exact) mass is 273 g/mol. The van der Waals surface area contributed by atoms with Crippen molar-refractivity contribution in [3.8, 4) is 0 Å². The highest BCUT2D eigenvalue weighted by atomic mass is 35.5. The summed E-state index contributed by atoms with van der Waals surface area (Å²) in [4.78, 5) is 11.9. The van der Waals surface area contributed by atoms with Crippen LogP contribution in [0.4, 0.5) is 11.4 Å². The highest BCUT2D eigenvalue weighted by Crippen LogP contribution is 2.21. The number of fused-ring (bicyclic) bond motifs is 1. The number of anilines is 2. The van der Waals surface area contributed by atoms with E-state index in [1.165, 1.54) is 0 Å². The smallest absolute Gasteiger partial charge is 0.256 e. The predicted molar refractivity (Wildman–Crippen MR) is 76.4 cm³/mol. The van der Waals surface area contributed by atoms with Gasteiger partial charge in [-0.25, -0.2) is 0 Å². The van der Waals surface area contributed by atoms with E-state index in [0.717, 1.165) is 11.4 Å². The summed E-state index contributed by atoms with van der Waals surface area (Å²) in [7, 11) is 0. The SMILES string of the molecule is O=C1NC(Nc2ccc(Cl)cc2)Nc2ccccc21. The van der Waals surface area contributed by atoms with E-state index in [9.17, 15) is 4.79 Å². The van der Waals surface area contributed by atoms with Crippen molar-refractivity contribution in [1.82, 2.24) is 5.32 Å². The highest BCUT2D eigenvalue weighted by molar-refractivity contribution is 6.30. The summed E-state index contributed by atoms with van der Waals surface area (Å²) in [5.41, 5.74) is 2.34. The molecule has 0 aromatic heterocycles. The minimum Gasteiger partial charge on any atom is -0.348 e. The van der Waals surface area contributed by atoms with Gasteiger partial charge in [0.15, 0.2) is 6.29 Å². The standard InChI is InChI=1S/C14H12ClN3O/c15-9-5-7-10(8-6-9)16-14-17-12-4-2-1-3-11(12)13(19)18-14/h1-8,14,16-17H,(H,18,19). The first-order valence-electron chi connectivity index (χ1n) is 5.91. The lowest BCUT2D eigenvalue weighted by Gasteiger charge is -2.29. The molecule has 1 amide bonds. The van der Waals surface area contributed by atoms with Gasteiger partial charge in [0.1, 0.15) is 0 Å². The minimum atomic E-state index is -0.344. The van der Waals surface area contributed by atoms with Crippen LogP contribution in [0.2, 0.25) is 5.02 Å². The van der Waals surface area contributed by atoms with Crippen LogP contribution < -0.4 is 16.0 Å². The molecule has 1 heterocycles. The van der Waals surface area contributed by atoms with Gasteiger partial charge in [0, 0.05) is 16.4 Å². The molecule has 0 spiro atoms. The Labute approximate surface area is 115 Å². The summed E-state index contributed by atoms with van der Waals surface area (Å²) in [5.74, 6) is -0.0965. The average molecular weight is 274 g/mol. The molecule has 1 atom stereocenters. The Morgan fingerprint density at radius 3 is 2.53 bits per heavy atom. The maximum Gasteiger partial charge on any atom is 0.256 e. The molecule has 3 rings (SSSR count). The van der Waals surface area contributed by atoms with Crippen LogP contribution in [0.1, 0.15) is 10.4 Å². The summed E-state index contributed by atoms with van der Waals surface area (Å²) in [5, 5.41) is 9.91. The van der Waals surface area contributed by atoms with Crippen LogP contribution in [0.25, 0.3) is 0 Å². The van der Waals surface area contributed by atoms with Crippen molar-refractivity contribution >= 4 is 28.9 Å². The van der Waals surface area contributed by atoms with Gasteiger partial charge in [-0.15, -0.1) is 0 Å². The zero-order valence-corrected chi connectivity index (χ0v) is 10.7. The van der Waals surface area contributed by atoms with Crippen LogP contribution in [0.5, 0.6) is 0 Å². The second kappa shape index (κ2) is 4.82. The summed E-state index contributed by atoms with van der Waals surface area (Å²) in [6.07, 6.45) is -0.344. The number of benzene rings is 2. The molecule has 0 saturated carbocycles. The number of halogens is 1. The summed E-state index contributed by atoms with van der Waals surface area (Å²) >= 11 is 5.83. The van der Waals surface area contributed by atoms with E-state index in [1.54, 1.807) is 18.2 Å². The van der Waals surface area contributed by atoms with Crippen molar-refractivity contribution in [2.24, 2.45) is 0 Å². The van der Waals surface area contributed by atoms with Gasteiger partial charge in [-0.3, -0.25) is 4.79 Å². The molecule has 3 N–H and O–H groups in total. The maximum absolute atomic E-state index is 11.9. The number of hydrogen-bond acceptors (Lipinski definition) is 3. The van der Waals surface area contributed by atoms with Crippen LogP contribution in [-0.4, -0.2) is 12.2 Å². The number of rotatable bonds is 2. The Morgan fingerprint density at radius 1 is 1.00 bits per heavy atom. The van der Waals surface area contributed by atoms with E-state index in [4.69, 9.17) is 11.6 Å². The third kappa shape index (κ3) is 2.48. The molecule has 2 aromatic carbocycles. The van der Waals surface area contributed by atoms with Crippen LogP contribution in [0.3, 0.4) is 0 Å². The fourth-order valence-corrected chi connectivity index (χ4v) is 2.12. The van der Waals surface area contributed by atoms with Crippen LogP contribution in [0, 0.1) is 0 Å². The van der Waals surface area contributed by atoms with E-state index in [-0.39, 0.29) is 12.2 Å². The molecular formula is C14H12ClN3O. The third-order valence-corrected chi connectivity index (χ3v) is 3.15. The van der Waals surface area contributed by atoms with Crippen LogP contribution in [-0.2, 0) is 0 Å². The number of nitrogens with one attached hydrogen (secondary N) is 3. The van der Waals surface area contributed by atoms with Gasteiger partial charge >= 0.3 is 0 Å². The Hall–Kier alpha value is -2.20. The first-order chi connectivity index (χ1) is 9.22. The largest absolute Gasteiger partial charge is 0.348 e. The molecule has 0 aliphatic carbocycles. The molecule has 19 heavy (non-hydrogen) atoms. The lowest BCUT2D eigenvalue weighted by atomic mass is 10.1. The van der Waals surface area contributed by atoms with Gasteiger partial charge in [0.2, 0.25) is 0 Å². The van der Waals surface area contributed by atoms with Crippen molar-refractivity contribution in [2.75, 3.05) is 10.6 Å². The first-order valence-corrected chi connectivity index (χ1v) is 6.29. The number of amides is 1. The van der Waals surface area contributed by atoms with Crippen LogP contribution in [0.15, 0.2) is 48.5 Å². The molecule has 0 bridgehead atoms. The van der Waals surface area contributed by atoms with E-state index in [1.807, 2.05) is 30.3 Å². The molecule has 1 aliphatic heterocycles. The molecule has 4 nitrogen and oxygen atoms in total. The molecule has 0 fully saturated rings. The number of hydrogen-bond donors (Lipinski definition) is 3. The van der Waals surface area contributed by atoms with Crippen molar-refractivity contribution in [3.63, 3.8) is 0 Å². The Kier molecular flexibility index (Phi) is 3.01. The van der Waals surface area contributed by atoms with Gasteiger partial charge in [-0.2, -0.15) is 0 Å². The highest BCUT2D eigenvalue weighted by Gasteiger charge is 2.22. The van der Waals surface area contributed by atoms with Crippen molar-refractivity contribution in [1.29, 1.82) is 0 Å². The molecule has 0 radical (unpaired) electrons. The van der Waals surface area contributed by atoms with E-state index >= 15 is 0 Å². The lowest BCUT2D eigenvalue weighted by molar-refractivity contribution is 0.0940. The van der Waals surface area contributed by atoms with E-state index in [2.05, 4.69) is 16.0 Å². The summed E-state index contributed by atoms with van der Waals surface area (Å²) in [6.45, 7) is 0. The van der Waals surface area contributed by atoms with Gasteiger partial charge in [-0.1, -0.05) is 23.7 Å². The second-order valence-corrected chi connectivity index (χ2v) is 4.68. The first kappa shape index (κ1) is 11.9. The molecule has 96 valence electrons. The third-order valence-electron chi connectivity index (χ3n) is 2.90. The number of carbonyl (C=O) groups is 1. The van der Waals surface area contributed by atoms with Gasteiger partial charge in [0.25, 0.3) is 5.91 Å². The van der Waals surface area contributed by atoms with Gasteiger partial charge < -0.3 is 16.0 Å². The fourth-order valence-electron chi connectivity index (χ4n) is 1.99. The van der Waals surface area contributed by atoms with Gasteiger partial charge in [-0.05, 0) is 36.4 Å². The van der Waals surface area contributed by atoms with Crippen molar-refractivity contribution < 1.29 is 4.79 Å². The fraction of sp³-hybridized carbons (Fsp3) is 0.0714. The number of para-hydroxylation sites is 1. The maximum atomic E-state index is 11.9. The molecular weight excluding hydrogens is 262 g/mol. The van der Waals surface area contributed by atoms with Gasteiger partial charge in [0.05, 0.1) is 5.56 Å². The topological polar surface area (TPSA) is 53.2 Å². The normalized spacial score (nSPS) is 17.1. The molecule has 0 saturated heterocycles. The average Bonchev–Trinajstić information content (AvgIpc) is 2.42. The number of carbonyl (C=O) groups excluding carboxylic acids is 1. The predicted octanol–water partition coefficient (Wildman–Crippen LogP) is 2.89. The van der Waals surface area contributed by atoms with Crippen LogP contribution >= 0.6 is 11.6 Å². The Balaban J connectivity index is 1.78.